The van der Waals surface area contributed by atoms with Crippen molar-refractivity contribution in [3.63, 3.8) is 0 Å². The molecule has 1 saturated heterocycles. The van der Waals surface area contributed by atoms with Gasteiger partial charge in [-0.1, -0.05) is 12.1 Å². The van der Waals surface area contributed by atoms with E-state index in [1.165, 1.54) is 12.1 Å². The fraction of sp³-hybridized carbons (Fsp3) is 0.280. The van der Waals surface area contributed by atoms with Crippen LogP contribution in [-0.2, 0) is 11.3 Å². The number of imidazole rings is 1. The molecule has 1 fully saturated rings. The molecule has 5 rings (SSSR count). The lowest BCUT2D eigenvalue weighted by molar-refractivity contribution is -0.286. The van der Waals surface area contributed by atoms with Crippen molar-refractivity contribution >= 4 is 12.0 Å². The number of likely N-dealkylation sites (tertiary alicyclic amines) is 1. The molecule has 1 aromatic heterocycles. The standard InChI is InChI=1S/C25H23F2N3O4/c1-16-13-30(15-28-16)20-7-5-17(11-22(20)32-2)10-19-4-3-9-29(24(19)31)14-18-6-8-21-23(12-18)34-25(26,27)33-21/h5-8,10-13,15H,3-4,9,14H2,1-2H3. The molecule has 7 nitrogen and oxygen atoms in total. The smallest absolute Gasteiger partial charge is 0.495 e. The molecule has 0 unspecified atom stereocenters. The SMILES string of the molecule is COc1cc(C=C2CCCN(Cc3ccc4c(c3)OC(F)(F)O4)C2=O)ccc1-n1cnc(C)c1. The molecule has 0 radical (unpaired) electrons. The Hall–Kier alpha value is -3.88. The van der Waals surface area contributed by atoms with Crippen LogP contribution in [0, 0.1) is 6.92 Å². The maximum atomic E-state index is 13.3. The van der Waals surface area contributed by atoms with Gasteiger partial charge < -0.3 is 23.7 Å². The predicted molar refractivity (Wildman–Crippen MR) is 120 cm³/mol. The van der Waals surface area contributed by atoms with Gasteiger partial charge in [-0.2, -0.15) is 0 Å². The summed E-state index contributed by atoms with van der Waals surface area (Å²) in [6.45, 7) is 2.80. The van der Waals surface area contributed by atoms with Crippen molar-refractivity contribution in [2.75, 3.05) is 13.7 Å². The number of hydrogen-bond donors (Lipinski definition) is 0. The highest BCUT2D eigenvalue weighted by atomic mass is 19.3. The Morgan fingerprint density at radius 3 is 2.76 bits per heavy atom. The first-order valence-electron chi connectivity index (χ1n) is 10.9. The van der Waals surface area contributed by atoms with E-state index in [-0.39, 0.29) is 17.4 Å². The van der Waals surface area contributed by atoms with Crippen LogP contribution in [0.3, 0.4) is 0 Å². The first-order valence-corrected chi connectivity index (χ1v) is 10.9. The number of aromatic nitrogens is 2. The molecular formula is C25H23F2N3O4. The molecule has 0 saturated carbocycles. The average Bonchev–Trinajstić information content (AvgIpc) is 3.37. The van der Waals surface area contributed by atoms with E-state index in [2.05, 4.69) is 14.5 Å². The summed E-state index contributed by atoms with van der Waals surface area (Å²) in [5.74, 6) is 0.553. The summed E-state index contributed by atoms with van der Waals surface area (Å²) in [4.78, 5) is 19.1. The number of methoxy groups -OCH3 is 1. The van der Waals surface area contributed by atoms with Gasteiger partial charge in [0.15, 0.2) is 11.5 Å². The number of ether oxygens (including phenoxy) is 3. The van der Waals surface area contributed by atoms with Gasteiger partial charge in [-0.15, -0.1) is 8.78 Å². The second-order valence-corrected chi connectivity index (χ2v) is 8.30. The second-order valence-electron chi connectivity index (χ2n) is 8.30. The van der Waals surface area contributed by atoms with E-state index in [1.807, 2.05) is 42.0 Å². The van der Waals surface area contributed by atoms with Crippen molar-refractivity contribution in [3.8, 4) is 22.9 Å². The van der Waals surface area contributed by atoms with Gasteiger partial charge in [-0.3, -0.25) is 4.79 Å². The van der Waals surface area contributed by atoms with Crippen LogP contribution in [0.15, 0.2) is 54.5 Å². The number of aryl methyl sites for hydroxylation is 1. The summed E-state index contributed by atoms with van der Waals surface area (Å²) >= 11 is 0. The summed E-state index contributed by atoms with van der Waals surface area (Å²) < 4.78 is 43.0. The molecule has 2 aromatic carbocycles. The van der Waals surface area contributed by atoms with Crippen molar-refractivity contribution in [1.82, 2.24) is 14.5 Å². The quantitative estimate of drug-likeness (QED) is 0.508. The molecule has 0 bridgehead atoms. The highest BCUT2D eigenvalue weighted by Gasteiger charge is 2.43. The third-order valence-electron chi connectivity index (χ3n) is 5.81. The van der Waals surface area contributed by atoms with Gasteiger partial charge >= 0.3 is 6.29 Å². The van der Waals surface area contributed by atoms with E-state index in [0.717, 1.165) is 23.4 Å². The maximum Gasteiger partial charge on any atom is 0.586 e. The second kappa shape index (κ2) is 8.48. The number of carbonyl (C=O) groups is 1. The summed E-state index contributed by atoms with van der Waals surface area (Å²) in [5.41, 5.74) is 3.99. The van der Waals surface area contributed by atoms with Crippen LogP contribution in [0.1, 0.15) is 29.7 Å². The highest BCUT2D eigenvalue weighted by molar-refractivity contribution is 5.98. The number of nitrogens with zero attached hydrogens (tertiary/aromatic N) is 3. The third-order valence-corrected chi connectivity index (χ3v) is 5.81. The number of carbonyl (C=O) groups excluding carboxylic acids is 1. The van der Waals surface area contributed by atoms with Gasteiger partial charge in [0.1, 0.15) is 5.75 Å². The number of benzene rings is 2. The van der Waals surface area contributed by atoms with Gasteiger partial charge in [0.2, 0.25) is 5.91 Å². The topological polar surface area (TPSA) is 65.8 Å². The van der Waals surface area contributed by atoms with Crippen LogP contribution in [0.5, 0.6) is 17.2 Å². The van der Waals surface area contributed by atoms with Crippen LogP contribution in [-0.4, -0.2) is 40.3 Å². The fourth-order valence-corrected chi connectivity index (χ4v) is 4.22. The maximum absolute atomic E-state index is 13.3. The number of alkyl halides is 2. The van der Waals surface area contributed by atoms with Crippen LogP contribution in [0.4, 0.5) is 8.78 Å². The number of hydrogen-bond acceptors (Lipinski definition) is 5. The fourth-order valence-electron chi connectivity index (χ4n) is 4.22. The van der Waals surface area contributed by atoms with Crippen molar-refractivity contribution in [3.05, 3.63) is 71.3 Å². The van der Waals surface area contributed by atoms with Crippen LogP contribution in [0.25, 0.3) is 11.8 Å². The van der Waals surface area contributed by atoms with Crippen LogP contribution < -0.4 is 14.2 Å². The van der Waals surface area contributed by atoms with E-state index in [9.17, 15) is 13.6 Å². The molecule has 34 heavy (non-hydrogen) atoms. The summed E-state index contributed by atoms with van der Waals surface area (Å²) in [6.07, 6.45) is 3.32. The molecule has 0 aliphatic carbocycles. The summed E-state index contributed by atoms with van der Waals surface area (Å²) in [5, 5.41) is 0. The molecule has 0 spiro atoms. The molecule has 2 aliphatic rings. The largest absolute Gasteiger partial charge is 0.586 e. The number of fused-ring (bicyclic) bond motifs is 1. The first kappa shape index (κ1) is 21.9. The molecule has 1 amide bonds. The summed E-state index contributed by atoms with van der Waals surface area (Å²) in [6, 6.07) is 10.3. The minimum Gasteiger partial charge on any atom is -0.495 e. The molecule has 3 heterocycles. The normalized spacial score (nSPS) is 17.9. The van der Waals surface area contributed by atoms with Gasteiger partial charge in [0.25, 0.3) is 0 Å². The van der Waals surface area contributed by atoms with E-state index < -0.39 is 6.29 Å². The van der Waals surface area contributed by atoms with Crippen molar-refractivity contribution < 1.29 is 27.8 Å². The van der Waals surface area contributed by atoms with Crippen molar-refractivity contribution in [2.24, 2.45) is 0 Å². The van der Waals surface area contributed by atoms with Gasteiger partial charge in [0.05, 0.1) is 24.8 Å². The van der Waals surface area contributed by atoms with E-state index in [1.54, 1.807) is 24.4 Å². The molecule has 9 heteroatoms. The zero-order valence-corrected chi connectivity index (χ0v) is 18.8. The van der Waals surface area contributed by atoms with E-state index in [0.29, 0.717) is 36.4 Å². The minimum absolute atomic E-state index is 0.0115. The Labute approximate surface area is 195 Å². The van der Waals surface area contributed by atoms with E-state index >= 15 is 0 Å². The first-order chi connectivity index (χ1) is 16.3. The van der Waals surface area contributed by atoms with Gasteiger partial charge in [0, 0.05) is 24.9 Å². The lowest BCUT2D eigenvalue weighted by Crippen LogP contribution is -2.36. The van der Waals surface area contributed by atoms with Crippen molar-refractivity contribution in [1.29, 1.82) is 0 Å². The Kier molecular flexibility index (Phi) is 5.47. The minimum atomic E-state index is -3.66. The van der Waals surface area contributed by atoms with Crippen molar-refractivity contribution in [2.45, 2.75) is 32.6 Å². The highest BCUT2D eigenvalue weighted by Crippen LogP contribution is 2.41. The molecule has 3 aromatic rings. The Balaban J connectivity index is 1.34. The van der Waals surface area contributed by atoms with Gasteiger partial charge in [-0.25, -0.2) is 4.98 Å². The summed E-state index contributed by atoms with van der Waals surface area (Å²) in [7, 11) is 1.61. The monoisotopic (exact) mass is 467 g/mol. The predicted octanol–water partition coefficient (Wildman–Crippen LogP) is 4.72. The molecule has 0 atom stereocenters. The van der Waals surface area contributed by atoms with Gasteiger partial charge in [-0.05, 0) is 61.2 Å². The van der Waals surface area contributed by atoms with E-state index in [4.69, 9.17) is 4.74 Å². The molecule has 176 valence electrons. The lowest BCUT2D eigenvalue weighted by Gasteiger charge is -2.28. The Bertz CT molecular complexity index is 1280. The third kappa shape index (κ3) is 4.33. The lowest BCUT2D eigenvalue weighted by atomic mass is 10.00. The number of amides is 1. The number of halogens is 2. The van der Waals surface area contributed by atoms with Crippen LogP contribution in [0.2, 0.25) is 0 Å². The average molecular weight is 467 g/mol. The number of piperidine rings is 1. The van der Waals surface area contributed by atoms with Crippen LogP contribution >= 0.6 is 0 Å². The zero-order valence-electron chi connectivity index (χ0n) is 18.8. The zero-order chi connectivity index (χ0) is 23.9. The molecular weight excluding hydrogens is 444 g/mol. The Morgan fingerprint density at radius 2 is 2.00 bits per heavy atom. The molecule has 2 aliphatic heterocycles. The Morgan fingerprint density at radius 1 is 1.18 bits per heavy atom. The number of rotatable bonds is 5. The molecule has 0 N–H and O–H groups in total.